The van der Waals surface area contributed by atoms with E-state index in [4.69, 9.17) is 11.6 Å². The van der Waals surface area contributed by atoms with Gasteiger partial charge >= 0.3 is 0 Å². The van der Waals surface area contributed by atoms with E-state index in [0.29, 0.717) is 0 Å². The maximum atomic E-state index is 5.96. The molecule has 0 aliphatic rings. The number of nitrogens with zero attached hydrogens (tertiary/aromatic N) is 2. The lowest BCUT2D eigenvalue weighted by atomic mass is 10.3. The van der Waals surface area contributed by atoms with E-state index in [1.54, 1.807) is 23.1 Å². The number of halogens is 1. The van der Waals surface area contributed by atoms with Crippen LogP contribution in [0.1, 0.15) is 17.6 Å². The van der Waals surface area contributed by atoms with Gasteiger partial charge in [0.15, 0.2) is 5.16 Å². The van der Waals surface area contributed by atoms with Crippen molar-refractivity contribution in [2.45, 2.75) is 24.3 Å². The summed E-state index contributed by atoms with van der Waals surface area (Å²) in [6.45, 7) is 2.12. The first-order valence-corrected chi connectivity index (χ1v) is 8.20. The van der Waals surface area contributed by atoms with E-state index in [1.807, 2.05) is 18.2 Å². The summed E-state index contributed by atoms with van der Waals surface area (Å²) in [4.78, 5) is 12.3. The molecule has 1 aromatic carbocycles. The molecule has 0 spiro atoms. The average Bonchev–Trinajstić information content (AvgIpc) is 3.01. The van der Waals surface area contributed by atoms with Gasteiger partial charge in [-0.2, -0.15) is 0 Å². The van der Waals surface area contributed by atoms with Crippen LogP contribution in [0.25, 0.3) is 11.0 Å². The first-order chi connectivity index (χ1) is 9.24. The Balaban J connectivity index is 1.74. The van der Waals surface area contributed by atoms with Gasteiger partial charge in [0.25, 0.3) is 0 Å². The second-order valence-corrected chi connectivity index (χ2v) is 6.42. The minimum Gasteiger partial charge on any atom is -0.333 e. The lowest BCUT2D eigenvalue weighted by molar-refractivity contribution is 1.05. The Bertz CT molecular complexity index is 705. The maximum Gasteiger partial charge on any atom is 0.166 e. The number of hydrogen-bond donors (Lipinski definition) is 1. The molecule has 2 heterocycles. The minimum absolute atomic E-state index is 0.722. The topological polar surface area (TPSA) is 41.6 Å². The minimum atomic E-state index is 0.722. The summed E-state index contributed by atoms with van der Waals surface area (Å²) in [6, 6.07) is 5.68. The lowest BCUT2D eigenvalue weighted by Crippen LogP contribution is -1.83. The molecule has 6 heteroatoms. The van der Waals surface area contributed by atoms with Crippen LogP contribution in [-0.2, 0) is 12.2 Å². The Kier molecular flexibility index (Phi) is 3.77. The Hall–Kier alpha value is -1.04. The van der Waals surface area contributed by atoms with Crippen molar-refractivity contribution < 1.29 is 0 Å². The fourth-order valence-electron chi connectivity index (χ4n) is 1.75. The van der Waals surface area contributed by atoms with Crippen LogP contribution in [0.4, 0.5) is 0 Å². The Morgan fingerprint density at radius 1 is 1.37 bits per heavy atom. The van der Waals surface area contributed by atoms with Crippen molar-refractivity contribution in [1.29, 1.82) is 0 Å². The summed E-state index contributed by atoms with van der Waals surface area (Å²) in [5.74, 6) is 0.837. The van der Waals surface area contributed by atoms with Crippen molar-refractivity contribution in [2.24, 2.45) is 0 Å². The van der Waals surface area contributed by atoms with E-state index in [0.717, 1.165) is 39.1 Å². The Labute approximate surface area is 124 Å². The van der Waals surface area contributed by atoms with Gasteiger partial charge in [0.2, 0.25) is 0 Å². The molecule has 0 saturated carbocycles. The molecule has 0 fully saturated rings. The van der Waals surface area contributed by atoms with Gasteiger partial charge in [0, 0.05) is 16.2 Å². The highest BCUT2D eigenvalue weighted by Crippen LogP contribution is 2.25. The van der Waals surface area contributed by atoms with E-state index >= 15 is 0 Å². The molecule has 0 saturated heterocycles. The molecule has 3 nitrogen and oxygen atoms in total. The maximum absolute atomic E-state index is 5.96. The predicted octanol–water partition coefficient (Wildman–Crippen LogP) is 4.53. The van der Waals surface area contributed by atoms with E-state index in [-0.39, 0.29) is 0 Å². The van der Waals surface area contributed by atoms with Gasteiger partial charge in [0.05, 0.1) is 21.7 Å². The number of benzene rings is 1. The number of thioether (sulfide) groups is 1. The third kappa shape index (κ3) is 2.94. The number of aromatic nitrogens is 3. The third-order valence-electron chi connectivity index (χ3n) is 2.68. The predicted molar refractivity (Wildman–Crippen MR) is 82.2 cm³/mol. The van der Waals surface area contributed by atoms with Crippen LogP contribution in [0, 0.1) is 0 Å². The van der Waals surface area contributed by atoms with E-state index in [2.05, 4.69) is 27.3 Å². The number of imidazole rings is 1. The highest BCUT2D eigenvalue weighted by molar-refractivity contribution is 7.98. The molecule has 0 amide bonds. The van der Waals surface area contributed by atoms with Gasteiger partial charge in [-0.15, -0.1) is 11.3 Å². The second-order valence-electron chi connectivity index (χ2n) is 4.08. The van der Waals surface area contributed by atoms with Gasteiger partial charge in [-0.05, 0) is 24.6 Å². The summed E-state index contributed by atoms with van der Waals surface area (Å²) in [5.41, 5.74) is 3.03. The number of H-pyrrole nitrogens is 1. The molecule has 0 atom stereocenters. The average molecular weight is 310 g/mol. The van der Waals surface area contributed by atoms with Crippen LogP contribution in [-0.4, -0.2) is 15.0 Å². The standard InChI is InChI=1S/C13H12ClN3S2/c1-2-12-15-9(6-18-12)7-19-13-16-10-4-3-8(14)5-11(10)17-13/h3-6H,2,7H2,1H3,(H,16,17). The monoisotopic (exact) mass is 309 g/mol. The van der Waals surface area contributed by atoms with Crippen LogP contribution in [0.5, 0.6) is 0 Å². The summed E-state index contributed by atoms with van der Waals surface area (Å²) in [7, 11) is 0. The quantitative estimate of drug-likeness (QED) is 0.720. The second kappa shape index (κ2) is 5.53. The van der Waals surface area contributed by atoms with Crippen LogP contribution >= 0.6 is 34.7 Å². The first kappa shape index (κ1) is 13.0. The van der Waals surface area contributed by atoms with Crippen LogP contribution < -0.4 is 0 Å². The van der Waals surface area contributed by atoms with Crippen molar-refractivity contribution in [3.05, 3.63) is 39.3 Å². The number of hydrogen-bond acceptors (Lipinski definition) is 4. The van der Waals surface area contributed by atoms with Gasteiger partial charge in [0.1, 0.15) is 0 Å². The number of nitrogens with one attached hydrogen (secondary N) is 1. The molecule has 3 aromatic rings. The number of thiazole rings is 1. The summed E-state index contributed by atoms with van der Waals surface area (Å²) in [6.07, 6.45) is 0.998. The van der Waals surface area contributed by atoms with E-state index < -0.39 is 0 Å². The fourth-order valence-corrected chi connectivity index (χ4v) is 3.55. The van der Waals surface area contributed by atoms with E-state index in [1.165, 1.54) is 5.01 Å². The smallest absolute Gasteiger partial charge is 0.166 e. The molecule has 0 aliphatic heterocycles. The Morgan fingerprint density at radius 2 is 2.26 bits per heavy atom. The first-order valence-electron chi connectivity index (χ1n) is 5.96. The summed E-state index contributed by atoms with van der Waals surface area (Å²) >= 11 is 9.34. The van der Waals surface area contributed by atoms with Crippen molar-refractivity contribution in [3.63, 3.8) is 0 Å². The number of aromatic amines is 1. The molecule has 3 rings (SSSR count). The largest absolute Gasteiger partial charge is 0.333 e. The molecule has 0 bridgehead atoms. The summed E-state index contributed by atoms with van der Waals surface area (Å²) in [5, 5.41) is 4.93. The van der Waals surface area contributed by atoms with Crippen molar-refractivity contribution >= 4 is 45.7 Å². The van der Waals surface area contributed by atoms with Crippen LogP contribution in [0.2, 0.25) is 5.02 Å². The zero-order valence-electron chi connectivity index (χ0n) is 10.3. The molecule has 98 valence electrons. The lowest BCUT2D eigenvalue weighted by Gasteiger charge is -1.93. The summed E-state index contributed by atoms with van der Waals surface area (Å²) < 4.78 is 0. The molecular weight excluding hydrogens is 298 g/mol. The van der Waals surface area contributed by atoms with Crippen molar-refractivity contribution in [2.75, 3.05) is 0 Å². The molecule has 2 aromatic heterocycles. The number of aryl methyl sites for hydroxylation is 1. The molecule has 19 heavy (non-hydrogen) atoms. The molecule has 1 N–H and O–H groups in total. The van der Waals surface area contributed by atoms with Gasteiger partial charge in [-0.25, -0.2) is 9.97 Å². The molecule has 0 radical (unpaired) electrons. The SMILES string of the molecule is CCc1nc(CSc2nc3ccc(Cl)cc3[nH]2)cs1. The van der Waals surface area contributed by atoms with Crippen molar-refractivity contribution in [1.82, 2.24) is 15.0 Å². The Morgan fingerprint density at radius 3 is 3.05 bits per heavy atom. The normalized spacial score (nSPS) is 11.3. The van der Waals surface area contributed by atoms with Crippen LogP contribution in [0.3, 0.4) is 0 Å². The number of fused-ring (bicyclic) bond motifs is 1. The van der Waals surface area contributed by atoms with Gasteiger partial charge < -0.3 is 4.98 Å². The molecule has 0 unspecified atom stereocenters. The fraction of sp³-hybridized carbons (Fsp3) is 0.231. The van der Waals surface area contributed by atoms with Crippen LogP contribution in [0.15, 0.2) is 28.7 Å². The zero-order chi connectivity index (χ0) is 13.2. The third-order valence-corrected chi connectivity index (χ3v) is 4.86. The highest BCUT2D eigenvalue weighted by atomic mass is 35.5. The van der Waals surface area contributed by atoms with Gasteiger partial charge in [-0.3, -0.25) is 0 Å². The zero-order valence-corrected chi connectivity index (χ0v) is 12.7. The molecular formula is C13H12ClN3S2. The van der Waals surface area contributed by atoms with E-state index in [9.17, 15) is 0 Å². The van der Waals surface area contributed by atoms with Crippen molar-refractivity contribution in [3.8, 4) is 0 Å². The highest BCUT2D eigenvalue weighted by Gasteiger charge is 2.06. The molecule has 0 aliphatic carbocycles. The van der Waals surface area contributed by atoms with Gasteiger partial charge in [-0.1, -0.05) is 30.3 Å². The number of rotatable bonds is 4.